The van der Waals surface area contributed by atoms with Crippen molar-refractivity contribution in [1.82, 2.24) is 15.2 Å². The van der Waals surface area contributed by atoms with Gasteiger partial charge < -0.3 is 9.73 Å². The molecule has 5 nitrogen and oxygen atoms in total. The Hall–Kier alpha value is -2.14. The molecule has 134 valence electrons. The number of amides is 1. The van der Waals surface area contributed by atoms with Gasteiger partial charge >= 0.3 is 0 Å². The topological polar surface area (TPSA) is 58.4 Å². The number of nitrogens with one attached hydrogen (secondary N) is 1. The first-order chi connectivity index (χ1) is 12.1. The number of benzene rings is 1. The van der Waals surface area contributed by atoms with Crippen molar-refractivity contribution >= 4 is 5.91 Å². The summed E-state index contributed by atoms with van der Waals surface area (Å²) in [4.78, 5) is 19.2. The van der Waals surface area contributed by atoms with Gasteiger partial charge in [0.2, 0.25) is 5.76 Å². The maximum absolute atomic E-state index is 12.5. The maximum atomic E-state index is 12.5. The SMILES string of the molecule is Cc1nc(C)c(C(=O)NC[C@@H](c2ccccc2)N2CCCCCC2)o1. The molecular formula is C20H27N3O2. The van der Waals surface area contributed by atoms with Gasteiger partial charge in [0.25, 0.3) is 5.91 Å². The molecular weight excluding hydrogens is 314 g/mol. The normalized spacial score (nSPS) is 17.0. The van der Waals surface area contributed by atoms with E-state index in [9.17, 15) is 4.79 Å². The Morgan fingerprint density at radius 3 is 2.44 bits per heavy atom. The lowest BCUT2D eigenvalue weighted by atomic mass is 10.0. The van der Waals surface area contributed by atoms with Crippen LogP contribution in [-0.4, -0.2) is 35.4 Å². The van der Waals surface area contributed by atoms with E-state index in [1.165, 1.54) is 31.2 Å². The van der Waals surface area contributed by atoms with Crippen molar-refractivity contribution in [3.05, 3.63) is 53.2 Å². The molecule has 0 bridgehead atoms. The second-order valence-electron chi connectivity index (χ2n) is 6.73. The van der Waals surface area contributed by atoms with Gasteiger partial charge in [0.15, 0.2) is 5.89 Å². The van der Waals surface area contributed by atoms with Crippen molar-refractivity contribution in [3.8, 4) is 0 Å². The van der Waals surface area contributed by atoms with Crippen LogP contribution in [0.15, 0.2) is 34.7 Å². The Morgan fingerprint density at radius 2 is 1.84 bits per heavy atom. The Morgan fingerprint density at radius 1 is 1.16 bits per heavy atom. The van der Waals surface area contributed by atoms with Gasteiger partial charge in [-0.2, -0.15) is 0 Å². The van der Waals surface area contributed by atoms with Crippen LogP contribution < -0.4 is 5.32 Å². The summed E-state index contributed by atoms with van der Waals surface area (Å²) < 4.78 is 5.44. The molecule has 25 heavy (non-hydrogen) atoms. The monoisotopic (exact) mass is 341 g/mol. The van der Waals surface area contributed by atoms with Crippen molar-refractivity contribution in [2.75, 3.05) is 19.6 Å². The highest BCUT2D eigenvalue weighted by atomic mass is 16.4. The molecule has 0 radical (unpaired) electrons. The number of carbonyl (C=O) groups is 1. The third-order valence-electron chi connectivity index (χ3n) is 4.83. The van der Waals surface area contributed by atoms with Gasteiger partial charge in [-0.1, -0.05) is 43.2 Å². The number of rotatable bonds is 5. The van der Waals surface area contributed by atoms with Crippen LogP contribution in [0.5, 0.6) is 0 Å². The van der Waals surface area contributed by atoms with E-state index >= 15 is 0 Å². The van der Waals surface area contributed by atoms with Crippen molar-refractivity contribution in [2.24, 2.45) is 0 Å². The third-order valence-corrected chi connectivity index (χ3v) is 4.83. The second-order valence-corrected chi connectivity index (χ2v) is 6.73. The first-order valence-corrected chi connectivity index (χ1v) is 9.16. The van der Waals surface area contributed by atoms with Gasteiger partial charge in [0, 0.05) is 13.5 Å². The lowest BCUT2D eigenvalue weighted by Crippen LogP contribution is -2.38. The van der Waals surface area contributed by atoms with Crippen molar-refractivity contribution in [2.45, 2.75) is 45.6 Å². The summed E-state index contributed by atoms with van der Waals surface area (Å²) in [6.07, 6.45) is 5.02. The predicted octanol–water partition coefficient (Wildman–Crippen LogP) is 3.64. The minimum absolute atomic E-state index is 0.186. The van der Waals surface area contributed by atoms with Crippen LogP contribution in [0.3, 0.4) is 0 Å². The van der Waals surface area contributed by atoms with Crippen LogP contribution in [-0.2, 0) is 0 Å². The molecule has 1 aliphatic rings. The number of nitrogens with zero attached hydrogens (tertiary/aromatic N) is 2. The van der Waals surface area contributed by atoms with Crippen molar-refractivity contribution < 1.29 is 9.21 Å². The summed E-state index contributed by atoms with van der Waals surface area (Å²) in [7, 11) is 0. The van der Waals surface area contributed by atoms with Crippen LogP contribution in [0.25, 0.3) is 0 Å². The number of oxazole rings is 1. The van der Waals surface area contributed by atoms with Gasteiger partial charge in [0.05, 0.1) is 11.7 Å². The Kier molecular flexibility index (Phi) is 5.87. The van der Waals surface area contributed by atoms with Crippen LogP contribution in [0.2, 0.25) is 0 Å². The first kappa shape index (κ1) is 17.7. The van der Waals surface area contributed by atoms with E-state index in [1.807, 2.05) is 6.07 Å². The van der Waals surface area contributed by atoms with Crippen LogP contribution >= 0.6 is 0 Å². The second kappa shape index (κ2) is 8.30. The molecule has 3 rings (SSSR count). The minimum Gasteiger partial charge on any atom is -0.436 e. The zero-order valence-electron chi connectivity index (χ0n) is 15.1. The molecule has 2 heterocycles. The summed E-state index contributed by atoms with van der Waals surface area (Å²) >= 11 is 0. The lowest BCUT2D eigenvalue weighted by Gasteiger charge is -2.31. The Bertz CT molecular complexity index is 688. The molecule has 2 aromatic rings. The van der Waals surface area contributed by atoms with Crippen molar-refractivity contribution in [1.29, 1.82) is 0 Å². The Labute approximate surface area is 149 Å². The van der Waals surface area contributed by atoms with E-state index in [0.717, 1.165) is 13.1 Å². The fourth-order valence-corrected chi connectivity index (χ4v) is 3.55. The quantitative estimate of drug-likeness (QED) is 0.902. The average molecular weight is 341 g/mol. The summed E-state index contributed by atoms with van der Waals surface area (Å²) in [5.74, 6) is 0.656. The van der Waals surface area contributed by atoms with E-state index in [1.54, 1.807) is 13.8 Å². The first-order valence-electron chi connectivity index (χ1n) is 9.16. The molecule has 0 saturated carbocycles. The van der Waals surface area contributed by atoms with Gasteiger partial charge in [-0.15, -0.1) is 0 Å². The molecule has 1 aromatic heterocycles. The molecule has 5 heteroatoms. The van der Waals surface area contributed by atoms with E-state index in [4.69, 9.17) is 4.42 Å². The highest BCUT2D eigenvalue weighted by Gasteiger charge is 2.23. The molecule has 0 aliphatic carbocycles. The summed E-state index contributed by atoms with van der Waals surface area (Å²) in [5.41, 5.74) is 1.89. The van der Waals surface area contributed by atoms with Gasteiger partial charge in [-0.3, -0.25) is 9.69 Å². The number of hydrogen-bond acceptors (Lipinski definition) is 4. The number of likely N-dealkylation sites (tertiary alicyclic amines) is 1. The molecule has 1 fully saturated rings. The zero-order chi connectivity index (χ0) is 17.6. The molecule has 1 aliphatic heterocycles. The van der Waals surface area contributed by atoms with Crippen molar-refractivity contribution in [3.63, 3.8) is 0 Å². The number of carbonyl (C=O) groups excluding carboxylic acids is 1. The smallest absolute Gasteiger partial charge is 0.289 e. The molecule has 1 atom stereocenters. The summed E-state index contributed by atoms with van der Waals surface area (Å²) in [6.45, 7) is 6.29. The minimum atomic E-state index is -0.186. The number of hydrogen-bond donors (Lipinski definition) is 1. The lowest BCUT2D eigenvalue weighted by molar-refractivity contribution is 0.0903. The molecule has 0 spiro atoms. The highest BCUT2D eigenvalue weighted by molar-refractivity contribution is 5.92. The van der Waals surface area contributed by atoms with E-state index in [0.29, 0.717) is 23.9 Å². The molecule has 1 aromatic carbocycles. The molecule has 1 saturated heterocycles. The van der Waals surface area contributed by atoms with Gasteiger partial charge in [-0.25, -0.2) is 4.98 Å². The summed E-state index contributed by atoms with van der Waals surface area (Å²) in [6, 6.07) is 10.6. The van der Waals surface area contributed by atoms with Crippen LogP contribution in [0.1, 0.15) is 59.4 Å². The fraction of sp³-hybridized carbons (Fsp3) is 0.500. The van der Waals surface area contributed by atoms with Crippen LogP contribution in [0.4, 0.5) is 0 Å². The average Bonchev–Trinajstić information content (AvgIpc) is 2.80. The van der Waals surface area contributed by atoms with E-state index in [2.05, 4.69) is 39.5 Å². The maximum Gasteiger partial charge on any atom is 0.289 e. The van der Waals surface area contributed by atoms with Gasteiger partial charge in [-0.05, 0) is 38.4 Å². The molecule has 0 unspecified atom stereocenters. The predicted molar refractivity (Wildman–Crippen MR) is 97.5 cm³/mol. The van der Waals surface area contributed by atoms with E-state index < -0.39 is 0 Å². The number of aromatic nitrogens is 1. The van der Waals surface area contributed by atoms with Crippen LogP contribution in [0, 0.1) is 13.8 Å². The Balaban J connectivity index is 1.73. The molecule has 1 N–H and O–H groups in total. The largest absolute Gasteiger partial charge is 0.436 e. The van der Waals surface area contributed by atoms with E-state index in [-0.39, 0.29) is 11.9 Å². The zero-order valence-corrected chi connectivity index (χ0v) is 15.1. The highest BCUT2D eigenvalue weighted by Crippen LogP contribution is 2.24. The fourth-order valence-electron chi connectivity index (χ4n) is 3.55. The number of aryl methyl sites for hydroxylation is 2. The third kappa shape index (κ3) is 4.48. The summed E-state index contributed by atoms with van der Waals surface area (Å²) in [5, 5.41) is 3.06. The van der Waals surface area contributed by atoms with Gasteiger partial charge in [0.1, 0.15) is 0 Å². The standard InChI is InChI=1S/C20H27N3O2/c1-15-19(25-16(2)22-15)20(24)21-14-18(17-10-6-5-7-11-17)23-12-8-3-4-9-13-23/h5-7,10-11,18H,3-4,8-9,12-14H2,1-2H3,(H,21,24)/t18-/m0/s1. The molecule has 1 amide bonds.